The number of anilines is 1. The molecule has 1 aliphatic heterocycles. The Morgan fingerprint density at radius 3 is 2.79 bits per heavy atom. The van der Waals surface area contributed by atoms with Gasteiger partial charge < -0.3 is 9.88 Å². The van der Waals surface area contributed by atoms with Gasteiger partial charge in [-0.05, 0) is 43.4 Å². The number of hydrogen-bond acceptors (Lipinski definition) is 3. The molecule has 5 nitrogen and oxygen atoms in total. The van der Waals surface area contributed by atoms with Crippen molar-refractivity contribution < 1.29 is 4.79 Å². The molecule has 5 heteroatoms. The fourth-order valence-electron chi connectivity index (χ4n) is 3.71. The number of carbonyl (C=O) groups excluding carboxylic acids is 1. The summed E-state index contributed by atoms with van der Waals surface area (Å²) in [6.45, 7) is 2.98. The molecule has 2 heterocycles. The van der Waals surface area contributed by atoms with Gasteiger partial charge in [0.1, 0.15) is 5.82 Å². The van der Waals surface area contributed by atoms with Crippen molar-refractivity contribution in [2.45, 2.75) is 52.0 Å². The minimum Gasteiger partial charge on any atom is -0.326 e. The van der Waals surface area contributed by atoms with Crippen LogP contribution in [0.15, 0.2) is 48.5 Å². The molecule has 0 radical (unpaired) electrons. The van der Waals surface area contributed by atoms with Crippen LogP contribution in [0, 0.1) is 6.92 Å². The summed E-state index contributed by atoms with van der Waals surface area (Å²) in [5, 5.41) is 11.9. The summed E-state index contributed by atoms with van der Waals surface area (Å²) in [6.07, 6.45) is 5.76. The summed E-state index contributed by atoms with van der Waals surface area (Å²) in [7, 11) is 0. The second-order valence-corrected chi connectivity index (χ2v) is 7.47. The van der Waals surface area contributed by atoms with Crippen LogP contribution >= 0.6 is 0 Å². The van der Waals surface area contributed by atoms with Gasteiger partial charge in [0.2, 0.25) is 5.91 Å². The van der Waals surface area contributed by atoms with Gasteiger partial charge in [-0.3, -0.25) is 4.79 Å². The molecule has 0 spiro atoms. The fourth-order valence-corrected chi connectivity index (χ4v) is 3.71. The van der Waals surface area contributed by atoms with E-state index in [4.69, 9.17) is 0 Å². The van der Waals surface area contributed by atoms with E-state index >= 15 is 0 Å². The van der Waals surface area contributed by atoms with Gasteiger partial charge >= 0.3 is 0 Å². The summed E-state index contributed by atoms with van der Waals surface area (Å²) in [6, 6.07) is 16.2. The van der Waals surface area contributed by atoms with Gasteiger partial charge in [0.05, 0.1) is 0 Å². The number of nitrogens with zero attached hydrogens (tertiary/aromatic N) is 3. The first-order chi connectivity index (χ1) is 13.7. The van der Waals surface area contributed by atoms with E-state index in [2.05, 4.69) is 38.3 Å². The molecule has 1 amide bonds. The normalized spacial score (nSPS) is 13.6. The third-order valence-electron chi connectivity index (χ3n) is 5.36. The second-order valence-electron chi connectivity index (χ2n) is 7.47. The molecular weight excluding hydrogens is 348 g/mol. The molecule has 0 fully saturated rings. The van der Waals surface area contributed by atoms with E-state index in [0.29, 0.717) is 6.42 Å². The van der Waals surface area contributed by atoms with Gasteiger partial charge in [0.15, 0.2) is 5.82 Å². The summed E-state index contributed by atoms with van der Waals surface area (Å²) in [5.74, 6) is 2.00. The van der Waals surface area contributed by atoms with E-state index in [0.717, 1.165) is 54.3 Å². The van der Waals surface area contributed by atoms with Crippen LogP contribution in [0.1, 0.15) is 42.6 Å². The molecule has 3 aromatic rings. The summed E-state index contributed by atoms with van der Waals surface area (Å²) >= 11 is 0. The van der Waals surface area contributed by atoms with Crippen LogP contribution in [0.3, 0.4) is 0 Å². The molecular formula is C23H26N4O. The smallest absolute Gasteiger partial charge is 0.224 e. The minimum atomic E-state index is 0.0316. The van der Waals surface area contributed by atoms with Gasteiger partial charge in [-0.25, -0.2) is 0 Å². The Morgan fingerprint density at radius 2 is 1.93 bits per heavy atom. The van der Waals surface area contributed by atoms with E-state index in [9.17, 15) is 4.79 Å². The van der Waals surface area contributed by atoms with E-state index < -0.39 is 0 Å². The van der Waals surface area contributed by atoms with Crippen LogP contribution in [0.5, 0.6) is 0 Å². The Bertz CT molecular complexity index is 962. The molecule has 0 unspecified atom stereocenters. The van der Waals surface area contributed by atoms with Crippen LogP contribution in [0.2, 0.25) is 0 Å². The predicted octanol–water partition coefficient (Wildman–Crippen LogP) is 4.55. The molecule has 0 atom stereocenters. The zero-order chi connectivity index (χ0) is 19.3. The maximum atomic E-state index is 12.5. The first-order valence-corrected chi connectivity index (χ1v) is 10.1. The molecule has 4 rings (SSSR count). The number of fused-ring (bicyclic) bond motifs is 1. The Hall–Kier alpha value is -2.95. The van der Waals surface area contributed by atoms with Crippen molar-refractivity contribution in [2.24, 2.45) is 0 Å². The summed E-state index contributed by atoms with van der Waals surface area (Å²) in [4.78, 5) is 12.5. The van der Waals surface area contributed by atoms with Gasteiger partial charge in [-0.2, -0.15) is 0 Å². The first-order valence-electron chi connectivity index (χ1n) is 10.1. The highest BCUT2D eigenvalue weighted by molar-refractivity contribution is 5.92. The maximum absolute atomic E-state index is 12.5. The standard InChI is InChI=1S/C23H26N4O/c1-17-11-13-19(23-26-25-21-10-6-3-7-15-27(21)23)16-20(17)24-22(28)14-12-18-8-4-2-5-9-18/h2,4-5,8-9,11,13,16H,3,6-7,10,12,14-15H2,1H3,(H,24,28). The number of aromatic nitrogens is 3. The van der Waals surface area contributed by atoms with Crippen molar-refractivity contribution in [3.63, 3.8) is 0 Å². The van der Waals surface area contributed by atoms with Crippen LogP contribution in [0.4, 0.5) is 5.69 Å². The zero-order valence-electron chi connectivity index (χ0n) is 16.3. The molecule has 0 saturated carbocycles. The quantitative estimate of drug-likeness (QED) is 0.713. The molecule has 2 aromatic carbocycles. The highest BCUT2D eigenvalue weighted by Gasteiger charge is 2.17. The van der Waals surface area contributed by atoms with Crippen LogP contribution in [0.25, 0.3) is 11.4 Å². The van der Waals surface area contributed by atoms with Gasteiger partial charge in [-0.1, -0.05) is 48.9 Å². The molecule has 1 aliphatic rings. The Labute approximate surface area is 165 Å². The number of carbonyl (C=O) groups is 1. The molecule has 28 heavy (non-hydrogen) atoms. The van der Waals surface area contributed by atoms with Gasteiger partial charge in [0.25, 0.3) is 0 Å². The van der Waals surface area contributed by atoms with Crippen molar-refractivity contribution in [1.29, 1.82) is 0 Å². The van der Waals surface area contributed by atoms with Crippen molar-refractivity contribution in [3.05, 3.63) is 65.5 Å². The third kappa shape index (κ3) is 4.14. The molecule has 144 valence electrons. The number of hydrogen-bond donors (Lipinski definition) is 1. The second kappa shape index (κ2) is 8.38. The summed E-state index contributed by atoms with van der Waals surface area (Å²) in [5.41, 5.74) is 4.08. The molecule has 0 aliphatic carbocycles. The van der Waals surface area contributed by atoms with Gasteiger partial charge in [0, 0.05) is 30.6 Å². The Balaban J connectivity index is 1.50. The summed E-state index contributed by atoms with van der Waals surface area (Å²) < 4.78 is 2.23. The van der Waals surface area contributed by atoms with Crippen molar-refractivity contribution in [2.75, 3.05) is 5.32 Å². The van der Waals surface area contributed by atoms with Crippen LogP contribution in [-0.2, 0) is 24.2 Å². The van der Waals surface area contributed by atoms with Crippen LogP contribution < -0.4 is 5.32 Å². The number of aryl methyl sites for hydroxylation is 3. The molecule has 1 aromatic heterocycles. The van der Waals surface area contributed by atoms with E-state index in [-0.39, 0.29) is 5.91 Å². The van der Waals surface area contributed by atoms with Crippen molar-refractivity contribution in [1.82, 2.24) is 14.8 Å². The van der Waals surface area contributed by atoms with Crippen molar-refractivity contribution >= 4 is 11.6 Å². The fraction of sp³-hybridized carbons (Fsp3) is 0.348. The van der Waals surface area contributed by atoms with Gasteiger partial charge in [-0.15, -0.1) is 10.2 Å². The number of nitrogens with one attached hydrogen (secondary N) is 1. The molecule has 1 N–H and O–H groups in total. The van der Waals surface area contributed by atoms with Crippen LogP contribution in [-0.4, -0.2) is 20.7 Å². The highest BCUT2D eigenvalue weighted by atomic mass is 16.1. The van der Waals surface area contributed by atoms with E-state index in [1.165, 1.54) is 18.4 Å². The molecule has 0 saturated heterocycles. The SMILES string of the molecule is Cc1ccc(-c2nnc3n2CCCCC3)cc1NC(=O)CCc1ccccc1. The Kier molecular flexibility index (Phi) is 5.51. The first kappa shape index (κ1) is 18.4. The lowest BCUT2D eigenvalue weighted by atomic mass is 10.1. The monoisotopic (exact) mass is 374 g/mol. The van der Waals surface area contributed by atoms with E-state index in [1.807, 2.05) is 37.3 Å². The van der Waals surface area contributed by atoms with E-state index in [1.54, 1.807) is 0 Å². The lowest BCUT2D eigenvalue weighted by Crippen LogP contribution is -2.13. The molecule has 0 bridgehead atoms. The largest absolute Gasteiger partial charge is 0.326 e. The number of amides is 1. The zero-order valence-corrected chi connectivity index (χ0v) is 16.3. The minimum absolute atomic E-state index is 0.0316. The lowest BCUT2D eigenvalue weighted by molar-refractivity contribution is -0.116. The highest BCUT2D eigenvalue weighted by Crippen LogP contribution is 2.27. The van der Waals surface area contributed by atoms with Crippen molar-refractivity contribution in [3.8, 4) is 11.4 Å². The average Bonchev–Trinajstić information content (AvgIpc) is 2.97. The lowest BCUT2D eigenvalue weighted by Gasteiger charge is -2.12. The maximum Gasteiger partial charge on any atom is 0.224 e. The number of benzene rings is 2. The third-order valence-corrected chi connectivity index (χ3v) is 5.36. The number of rotatable bonds is 5. The Morgan fingerprint density at radius 1 is 1.07 bits per heavy atom. The predicted molar refractivity (Wildman–Crippen MR) is 111 cm³/mol. The average molecular weight is 374 g/mol. The topological polar surface area (TPSA) is 59.8 Å².